The van der Waals surface area contributed by atoms with Gasteiger partial charge in [0.05, 0.1) is 16.9 Å². The van der Waals surface area contributed by atoms with E-state index in [0.29, 0.717) is 23.5 Å². The number of rotatable bonds is 6. The number of pyridine rings is 1. The average Bonchev–Trinajstić information content (AvgIpc) is 3.40. The summed E-state index contributed by atoms with van der Waals surface area (Å²) in [6.07, 6.45) is 6.44. The third kappa shape index (κ3) is 3.35. The molecule has 2 saturated heterocycles. The van der Waals surface area contributed by atoms with Crippen molar-refractivity contribution in [3.8, 4) is 0 Å². The van der Waals surface area contributed by atoms with E-state index in [4.69, 9.17) is 5.73 Å². The second kappa shape index (κ2) is 6.84. The topological polar surface area (TPSA) is 100 Å². The van der Waals surface area contributed by atoms with E-state index in [9.17, 15) is 9.59 Å². The number of para-hydroxylation sites is 2. The van der Waals surface area contributed by atoms with Crippen LogP contribution in [0.15, 0.2) is 42.6 Å². The lowest BCUT2D eigenvalue weighted by molar-refractivity contribution is 0.0795. The van der Waals surface area contributed by atoms with Gasteiger partial charge in [-0.2, -0.15) is 0 Å². The second-order valence-electron chi connectivity index (χ2n) is 8.54. The predicted molar refractivity (Wildman–Crippen MR) is 111 cm³/mol. The van der Waals surface area contributed by atoms with Crippen molar-refractivity contribution < 1.29 is 9.59 Å². The molecule has 4 fully saturated rings. The highest BCUT2D eigenvalue weighted by atomic mass is 16.2. The number of nitrogens with one attached hydrogen (secondary N) is 2. The minimum Gasteiger partial charge on any atom is -0.397 e. The Morgan fingerprint density at radius 1 is 1.14 bits per heavy atom. The average molecular weight is 391 g/mol. The number of benzene rings is 1. The molecular weight excluding hydrogens is 366 g/mol. The first kappa shape index (κ1) is 18.1. The van der Waals surface area contributed by atoms with Crippen LogP contribution in [-0.2, 0) is 0 Å². The number of nitrogen functional groups attached to an aromatic ring is 1. The molecule has 1 aromatic heterocycles. The maximum Gasteiger partial charge on any atom is 0.274 e. The Hall–Kier alpha value is -2.93. The van der Waals surface area contributed by atoms with Gasteiger partial charge in [-0.05, 0) is 55.9 Å². The summed E-state index contributed by atoms with van der Waals surface area (Å²) in [6, 6.07) is 11.0. The number of hydrogen-bond acceptors (Lipinski definition) is 5. The van der Waals surface area contributed by atoms with Gasteiger partial charge >= 0.3 is 0 Å². The van der Waals surface area contributed by atoms with Crippen LogP contribution in [0.4, 0.5) is 11.4 Å². The van der Waals surface area contributed by atoms with Crippen LogP contribution in [0, 0.1) is 5.92 Å². The Bertz CT molecular complexity index is 948. The van der Waals surface area contributed by atoms with E-state index in [2.05, 4.69) is 20.5 Å². The van der Waals surface area contributed by atoms with E-state index < -0.39 is 0 Å². The molecule has 6 rings (SSSR count). The number of hydrogen-bond donors (Lipinski definition) is 3. The van der Waals surface area contributed by atoms with E-state index in [0.717, 1.165) is 12.0 Å². The molecule has 4 N–H and O–H groups in total. The third-order valence-corrected chi connectivity index (χ3v) is 6.43. The molecule has 2 aliphatic heterocycles. The summed E-state index contributed by atoms with van der Waals surface area (Å²) in [5, 5.41) is 5.83. The number of amides is 2. The largest absolute Gasteiger partial charge is 0.397 e. The second-order valence-corrected chi connectivity index (χ2v) is 8.54. The smallest absolute Gasteiger partial charge is 0.274 e. The van der Waals surface area contributed by atoms with Crippen LogP contribution >= 0.6 is 0 Å². The number of nitrogens with two attached hydrogens (primary N) is 1. The molecule has 0 spiro atoms. The molecule has 4 aliphatic rings. The number of aromatic nitrogens is 1. The predicted octanol–water partition coefficient (Wildman–Crippen LogP) is 2.27. The molecule has 2 bridgehead atoms. The minimum absolute atomic E-state index is 0.141. The van der Waals surface area contributed by atoms with Gasteiger partial charge in [-0.1, -0.05) is 12.1 Å². The molecule has 3 heterocycles. The lowest BCUT2D eigenvalue weighted by Gasteiger charge is -2.42. The number of fused-ring (bicyclic) bond motifs is 1. The molecule has 7 nitrogen and oxygen atoms in total. The van der Waals surface area contributed by atoms with Crippen molar-refractivity contribution in [2.75, 3.05) is 24.1 Å². The first-order valence-electron chi connectivity index (χ1n) is 10.2. The maximum atomic E-state index is 12.6. The highest BCUT2D eigenvalue weighted by Gasteiger charge is 2.59. The van der Waals surface area contributed by atoms with Crippen molar-refractivity contribution in [1.82, 2.24) is 15.2 Å². The number of anilines is 2. The molecule has 0 radical (unpaired) electrons. The van der Waals surface area contributed by atoms with Crippen LogP contribution in [0.1, 0.15) is 46.5 Å². The number of nitrogens with zero attached hydrogens (tertiary/aromatic N) is 2. The molecule has 2 amide bonds. The van der Waals surface area contributed by atoms with Gasteiger partial charge in [0.2, 0.25) is 0 Å². The van der Waals surface area contributed by atoms with Gasteiger partial charge in [0, 0.05) is 30.9 Å². The van der Waals surface area contributed by atoms with E-state index in [1.54, 1.807) is 36.4 Å². The van der Waals surface area contributed by atoms with Gasteiger partial charge in [0.15, 0.2) is 0 Å². The quantitative estimate of drug-likeness (QED) is 0.656. The van der Waals surface area contributed by atoms with Gasteiger partial charge in [0.25, 0.3) is 11.8 Å². The monoisotopic (exact) mass is 391 g/mol. The van der Waals surface area contributed by atoms with Crippen LogP contribution in [-0.4, -0.2) is 46.4 Å². The van der Waals surface area contributed by atoms with Crippen LogP contribution in [0.25, 0.3) is 0 Å². The molecule has 2 aliphatic carbocycles. The lowest BCUT2D eigenvalue weighted by atomic mass is 9.73. The molecule has 0 atom stereocenters. The van der Waals surface area contributed by atoms with Gasteiger partial charge in [0.1, 0.15) is 5.69 Å². The van der Waals surface area contributed by atoms with Crippen molar-refractivity contribution in [2.24, 2.45) is 5.92 Å². The van der Waals surface area contributed by atoms with Crippen molar-refractivity contribution in [2.45, 2.75) is 37.3 Å². The summed E-state index contributed by atoms with van der Waals surface area (Å²) < 4.78 is 0. The zero-order valence-electron chi connectivity index (χ0n) is 16.2. The van der Waals surface area contributed by atoms with Gasteiger partial charge in [-0.15, -0.1) is 0 Å². The maximum absolute atomic E-state index is 12.6. The fourth-order valence-corrected chi connectivity index (χ4v) is 4.83. The van der Waals surface area contributed by atoms with Crippen LogP contribution in [0.5, 0.6) is 0 Å². The van der Waals surface area contributed by atoms with Crippen molar-refractivity contribution in [3.05, 3.63) is 53.9 Å². The Labute approximate surface area is 169 Å². The summed E-state index contributed by atoms with van der Waals surface area (Å²) in [4.78, 5) is 31.7. The summed E-state index contributed by atoms with van der Waals surface area (Å²) in [5.41, 5.74) is 7.75. The van der Waals surface area contributed by atoms with Gasteiger partial charge in [-0.25, -0.2) is 0 Å². The van der Waals surface area contributed by atoms with E-state index in [-0.39, 0.29) is 23.0 Å². The molecular formula is C22H25N5O2. The Kier molecular flexibility index (Phi) is 4.28. The zero-order chi connectivity index (χ0) is 20.0. The minimum atomic E-state index is -0.361. The highest BCUT2D eigenvalue weighted by molar-refractivity contribution is 6.04. The number of carbonyl (C=O) groups is 2. The Morgan fingerprint density at radius 3 is 2.62 bits per heavy atom. The van der Waals surface area contributed by atoms with Crippen LogP contribution < -0.4 is 16.4 Å². The van der Waals surface area contributed by atoms with E-state index >= 15 is 0 Å². The third-order valence-electron chi connectivity index (χ3n) is 6.43. The molecule has 2 saturated carbocycles. The van der Waals surface area contributed by atoms with Gasteiger partial charge < -0.3 is 16.4 Å². The molecule has 29 heavy (non-hydrogen) atoms. The van der Waals surface area contributed by atoms with Crippen molar-refractivity contribution in [3.63, 3.8) is 0 Å². The standard InChI is InChI=1S/C22H25N5O2/c23-17-3-1-2-4-18(17)26-21(29)19-8-5-15(11-24-19)20(28)25-13-22-9-14(10-22)12-27(22)16-6-7-16/h1-5,8,11,14,16H,6-7,9-10,12-13,23H2,(H,25,28)(H,26,29). The number of carbonyl (C=O) groups excluding carboxylic acids is 2. The van der Waals surface area contributed by atoms with Crippen molar-refractivity contribution in [1.29, 1.82) is 0 Å². The zero-order valence-corrected chi connectivity index (χ0v) is 16.2. The van der Waals surface area contributed by atoms with E-state index in [1.807, 2.05) is 0 Å². The van der Waals surface area contributed by atoms with E-state index in [1.165, 1.54) is 38.4 Å². The summed E-state index contributed by atoms with van der Waals surface area (Å²) in [6.45, 7) is 1.88. The summed E-state index contributed by atoms with van der Waals surface area (Å²) in [5.74, 6) is 0.308. The lowest BCUT2D eigenvalue weighted by Crippen LogP contribution is -2.54. The molecule has 7 heteroatoms. The Balaban J connectivity index is 1.19. The van der Waals surface area contributed by atoms with Crippen molar-refractivity contribution >= 4 is 23.2 Å². The molecule has 150 valence electrons. The van der Waals surface area contributed by atoms with Gasteiger partial charge in [-0.3, -0.25) is 19.5 Å². The highest BCUT2D eigenvalue weighted by Crippen LogP contribution is 2.54. The van der Waals surface area contributed by atoms with Crippen LogP contribution in [0.3, 0.4) is 0 Å². The normalized spacial score (nSPS) is 25.3. The molecule has 0 unspecified atom stereocenters. The fraction of sp³-hybridized carbons (Fsp3) is 0.409. The first-order chi connectivity index (χ1) is 14.0. The summed E-state index contributed by atoms with van der Waals surface area (Å²) in [7, 11) is 0. The SMILES string of the molecule is Nc1ccccc1NC(=O)c1ccc(C(=O)NCC23CC(CN2C2CC2)C3)cn1. The van der Waals surface area contributed by atoms with Crippen LogP contribution in [0.2, 0.25) is 0 Å². The molecule has 2 aromatic rings. The Morgan fingerprint density at radius 2 is 1.93 bits per heavy atom. The summed E-state index contributed by atoms with van der Waals surface area (Å²) >= 11 is 0. The first-order valence-corrected chi connectivity index (χ1v) is 10.2. The fourth-order valence-electron chi connectivity index (χ4n) is 4.83. The molecule has 1 aromatic carbocycles.